The third-order valence-corrected chi connectivity index (χ3v) is 3.28. The molecule has 0 atom stereocenters. The van der Waals surface area contributed by atoms with Gasteiger partial charge in [0.05, 0.1) is 6.54 Å². The molecule has 1 aromatic heterocycles. The second kappa shape index (κ2) is 5.53. The molecule has 0 bridgehead atoms. The van der Waals surface area contributed by atoms with Crippen LogP contribution in [0.15, 0.2) is 6.07 Å². The summed E-state index contributed by atoms with van der Waals surface area (Å²) in [5, 5.41) is 0. The molecule has 0 unspecified atom stereocenters. The number of nitrogens with zero attached hydrogens (tertiary/aromatic N) is 1. The summed E-state index contributed by atoms with van der Waals surface area (Å²) < 4.78 is 24.2. The van der Waals surface area contributed by atoms with Crippen LogP contribution >= 0.6 is 11.3 Å². The van der Waals surface area contributed by atoms with Crippen LogP contribution in [-0.4, -0.2) is 24.9 Å². The lowest BCUT2D eigenvalue weighted by Crippen LogP contribution is -2.24. The van der Waals surface area contributed by atoms with Crippen LogP contribution in [0.4, 0.5) is 8.78 Å². The maximum Gasteiger partial charge on any atom is 0.251 e. The van der Waals surface area contributed by atoms with E-state index in [0.717, 1.165) is 15.3 Å². The number of thiophene rings is 1. The number of alkyl halides is 2. The predicted octanol–water partition coefficient (Wildman–Crippen LogP) is 2.21. The van der Waals surface area contributed by atoms with E-state index in [1.54, 1.807) is 23.3 Å². The van der Waals surface area contributed by atoms with E-state index in [1.165, 1.54) is 0 Å². The molecule has 2 nitrogen and oxygen atoms in total. The van der Waals surface area contributed by atoms with Gasteiger partial charge in [-0.2, -0.15) is 0 Å². The van der Waals surface area contributed by atoms with Gasteiger partial charge in [0, 0.05) is 22.8 Å². The van der Waals surface area contributed by atoms with Gasteiger partial charge in [-0.05, 0) is 25.6 Å². The number of halogens is 2. The Kier molecular flexibility index (Phi) is 4.63. The van der Waals surface area contributed by atoms with Gasteiger partial charge in [-0.25, -0.2) is 8.78 Å². The van der Waals surface area contributed by atoms with Crippen LogP contribution in [0.25, 0.3) is 0 Å². The summed E-state index contributed by atoms with van der Waals surface area (Å²) in [7, 11) is 1.70. The highest BCUT2D eigenvalue weighted by atomic mass is 32.1. The first-order valence-corrected chi connectivity index (χ1v) is 5.59. The summed E-state index contributed by atoms with van der Waals surface area (Å²) in [6, 6.07) is 2.00. The zero-order valence-electron chi connectivity index (χ0n) is 8.96. The Hall–Kier alpha value is -0.520. The molecule has 15 heavy (non-hydrogen) atoms. The van der Waals surface area contributed by atoms with Gasteiger partial charge in [0.15, 0.2) is 0 Å². The van der Waals surface area contributed by atoms with Crippen LogP contribution in [0.2, 0.25) is 0 Å². The van der Waals surface area contributed by atoms with Crippen molar-refractivity contribution in [2.45, 2.75) is 26.4 Å². The average Bonchev–Trinajstić information content (AvgIpc) is 2.46. The largest absolute Gasteiger partial charge is 0.326 e. The Balaban J connectivity index is 2.59. The van der Waals surface area contributed by atoms with E-state index in [-0.39, 0.29) is 6.54 Å². The first-order valence-electron chi connectivity index (χ1n) is 4.78. The van der Waals surface area contributed by atoms with Crippen LogP contribution in [0, 0.1) is 6.92 Å². The number of hydrogen-bond donors (Lipinski definition) is 1. The van der Waals surface area contributed by atoms with E-state index in [9.17, 15) is 8.78 Å². The highest BCUT2D eigenvalue weighted by Gasteiger charge is 2.11. The van der Waals surface area contributed by atoms with Crippen molar-refractivity contribution in [2.75, 3.05) is 13.6 Å². The van der Waals surface area contributed by atoms with E-state index in [2.05, 4.69) is 0 Å². The summed E-state index contributed by atoms with van der Waals surface area (Å²) in [5.41, 5.74) is 6.62. The minimum Gasteiger partial charge on any atom is -0.326 e. The molecule has 0 spiro atoms. The van der Waals surface area contributed by atoms with E-state index in [0.29, 0.717) is 13.1 Å². The fourth-order valence-electron chi connectivity index (χ4n) is 1.44. The third-order valence-electron chi connectivity index (χ3n) is 2.16. The number of aryl methyl sites for hydroxylation is 1. The molecule has 1 rings (SSSR count). The summed E-state index contributed by atoms with van der Waals surface area (Å²) in [6.45, 7) is 2.89. The zero-order chi connectivity index (χ0) is 11.4. The monoisotopic (exact) mass is 234 g/mol. The van der Waals surface area contributed by atoms with Crippen molar-refractivity contribution in [3.63, 3.8) is 0 Å². The van der Waals surface area contributed by atoms with Gasteiger partial charge in [0.2, 0.25) is 0 Å². The molecule has 0 aromatic carbocycles. The Morgan fingerprint density at radius 2 is 2.20 bits per heavy atom. The molecule has 0 fully saturated rings. The Labute approximate surface area is 92.7 Å². The highest BCUT2D eigenvalue weighted by Crippen LogP contribution is 2.22. The third kappa shape index (κ3) is 3.85. The molecule has 1 heterocycles. The van der Waals surface area contributed by atoms with E-state index < -0.39 is 6.43 Å². The second-order valence-corrected chi connectivity index (χ2v) is 4.93. The summed E-state index contributed by atoms with van der Waals surface area (Å²) >= 11 is 1.64. The topological polar surface area (TPSA) is 29.3 Å². The molecule has 0 radical (unpaired) electrons. The molecule has 0 amide bonds. The Bertz CT molecular complexity index is 312. The summed E-state index contributed by atoms with van der Waals surface area (Å²) in [6.07, 6.45) is -2.28. The fourth-order valence-corrected chi connectivity index (χ4v) is 2.37. The first-order chi connectivity index (χ1) is 7.02. The lowest BCUT2D eigenvalue weighted by Gasteiger charge is -2.15. The lowest BCUT2D eigenvalue weighted by atomic mass is 10.2. The van der Waals surface area contributed by atoms with Crippen molar-refractivity contribution < 1.29 is 8.78 Å². The van der Waals surface area contributed by atoms with Gasteiger partial charge in [-0.3, -0.25) is 4.90 Å². The molecule has 5 heteroatoms. The van der Waals surface area contributed by atoms with E-state index in [4.69, 9.17) is 5.73 Å². The van der Waals surface area contributed by atoms with Crippen LogP contribution in [0.3, 0.4) is 0 Å². The Morgan fingerprint density at radius 3 is 2.67 bits per heavy atom. The number of rotatable bonds is 5. The maximum atomic E-state index is 12.1. The van der Waals surface area contributed by atoms with Gasteiger partial charge in [-0.1, -0.05) is 0 Å². The first kappa shape index (κ1) is 12.5. The molecule has 0 aliphatic carbocycles. The molecular formula is C10H16F2N2S. The van der Waals surface area contributed by atoms with Gasteiger partial charge >= 0.3 is 0 Å². The van der Waals surface area contributed by atoms with Crippen molar-refractivity contribution >= 4 is 11.3 Å². The van der Waals surface area contributed by atoms with Crippen LogP contribution in [0.1, 0.15) is 15.3 Å². The van der Waals surface area contributed by atoms with Crippen LogP contribution in [0.5, 0.6) is 0 Å². The van der Waals surface area contributed by atoms with Crippen molar-refractivity contribution in [1.29, 1.82) is 0 Å². The van der Waals surface area contributed by atoms with Crippen molar-refractivity contribution in [2.24, 2.45) is 5.73 Å². The minimum atomic E-state index is -2.28. The van der Waals surface area contributed by atoms with Crippen LogP contribution in [-0.2, 0) is 13.1 Å². The molecule has 2 N–H and O–H groups in total. The summed E-state index contributed by atoms with van der Waals surface area (Å²) in [4.78, 5) is 3.89. The number of hydrogen-bond acceptors (Lipinski definition) is 3. The van der Waals surface area contributed by atoms with Gasteiger partial charge in [-0.15, -0.1) is 11.3 Å². The molecule has 0 saturated heterocycles. The fraction of sp³-hybridized carbons (Fsp3) is 0.600. The molecule has 0 saturated carbocycles. The molecule has 0 aliphatic rings. The molecule has 86 valence electrons. The van der Waals surface area contributed by atoms with Gasteiger partial charge in [0.25, 0.3) is 6.43 Å². The Morgan fingerprint density at radius 1 is 1.53 bits per heavy atom. The van der Waals surface area contributed by atoms with E-state index >= 15 is 0 Å². The van der Waals surface area contributed by atoms with Crippen molar-refractivity contribution in [3.05, 3.63) is 21.4 Å². The quantitative estimate of drug-likeness (QED) is 0.846. The minimum absolute atomic E-state index is 0.187. The van der Waals surface area contributed by atoms with E-state index in [1.807, 2.05) is 13.0 Å². The predicted molar refractivity (Wildman–Crippen MR) is 59.3 cm³/mol. The lowest BCUT2D eigenvalue weighted by molar-refractivity contribution is 0.0975. The highest BCUT2D eigenvalue weighted by molar-refractivity contribution is 7.12. The SMILES string of the molecule is Cc1sc(CN)cc1CN(C)CC(F)F. The second-order valence-electron chi connectivity index (χ2n) is 3.59. The van der Waals surface area contributed by atoms with Crippen molar-refractivity contribution in [1.82, 2.24) is 4.90 Å². The average molecular weight is 234 g/mol. The normalized spacial score (nSPS) is 11.7. The zero-order valence-corrected chi connectivity index (χ0v) is 9.78. The molecule has 0 aliphatic heterocycles. The smallest absolute Gasteiger partial charge is 0.251 e. The number of nitrogens with two attached hydrogens (primary N) is 1. The molecular weight excluding hydrogens is 218 g/mol. The van der Waals surface area contributed by atoms with Gasteiger partial charge < -0.3 is 5.73 Å². The van der Waals surface area contributed by atoms with Crippen molar-refractivity contribution in [3.8, 4) is 0 Å². The standard InChI is InChI=1S/C10H16F2N2S/c1-7-8(3-9(4-13)15-7)5-14(2)6-10(11)12/h3,10H,4-6,13H2,1-2H3. The molecule has 1 aromatic rings. The van der Waals surface area contributed by atoms with Crippen LogP contribution < -0.4 is 5.73 Å². The summed E-state index contributed by atoms with van der Waals surface area (Å²) in [5.74, 6) is 0. The maximum absolute atomic E-state index is 12.1. The van der Waals surface area contributed by atoms with Gasteiger partial charge in [0.1, 0.15) is 0 Å².